The number of benzene rings is 2. The predicted octanol–water partition coefficient (Wildman–Crippen LogP) is 2.46. The van der Waals surface area contributed by atoms with Gasteiger partial charge in [-0.3, -0.25) is 4.79 Å². The molecule has 3 nitrogen and oxygen atoms in total. The minimum Gasteiger partial charge on any atom is -0.368 e. The lowest BCUT2D eigenvalue weighted by Gasteiger charge is -2.10. The fourth-order valence-corrected chi connectivity index (χ4v) is 1.87. The van der Waals surface area contributed by atoms with Crippen LogP contribution in [0.15, 0.2) is 48.5 Å². The molecule has 0 unspecified atom stereocenters. The summed E-state index contributed by atoms with van der Waals surface area (Å²) in [6.07, 6.45) is 0. The highest BCUT2D eigenvalue weighted by Crippen LogP contribution is 2.22. The summed E-state index contributed by atoms with van der Waals surface area (Å²) in [4.78, 5) is 10.9. The van der Waals surface area contributed by atoms with Crippen molar-refractivity contribution in [2.45, 2.75) is 19.5 Å². The second-order valence-corrected chi connectivity index (χ2v) is 4.68. The molecule has 1 amide bonds. The van der Waals surface area contributed by atoms with E-state index in [-0.39, 0.29) is 17.8 Å². The van der Waals surface area contributed by atoms with Gasteiger partial charge in [-0.05, 0) is 24.1 Å². The summed E-state index contributed by atoms with van der Waals surface area (Å²) in [7, 11) is 0. The van der Waals surface area contributed by atoms with Gasteiger partial charge < -0.3 is 11.1 Å². The van der Waals surface area contributed by atoms with E-state index in [1.54, 1.807) is 19.1 Å². The molecule has 3 N–H and O–H groups in total. The highest BCUT2D eigenvalue weighted by molar-refractivity contribution is 5.79. The summed E-state index contributed by atoms with van der Waals surface area (Å²) in [5.41, 5.74) is 7.60. The van der Waals surface area contributed by atoms with Crippen LogP contribution in [0.3, 0.4) is 0 Å². The van der Waals surface area contributed by atoms with Gasteiger partial charge in [0.05, 0.1) is 6.04 Å². The average molecular weight is 272 g/mol. The fraction of sp³-hybridized carbons (Fsp3) is 0.188. The van der Waals surface area contributed by atoms with Gasteiger partial charge in [0.2, 0.25) is 5.91 Å². The number of halogens is 1. The van der Waals surface area contributed by atoms with Crippen molar-refractivity contribution in [3.8, 4) is 11.1 Å². The van der Waals surface area contributed by atoms with Crippen LogP contribution in [0, 0.1) is 5.82 Å². The van der Waals surface area contributed by atoms with Crippen LogP contribution in [-0.2, 0) is 11.3 Å². The standard InChI is InChI=1S/C16H17FN2O/c1-11(16(18)20)19-10-12-6-8-13(9-7-12)14-4-2-3-5-15(14)17/h2-9,11,19H,10H2,1H3,(H2,18,20)/t11-/m0/s1. The summed E-state index contributed by atoms with van der Waals surface area (Å²) < 4.78 is 13.7. The molecule has 0 aliphatic heterocycles. The Morgan fingerprint density at radius 1 is 1.20 bits per heavy atom. The molecule has 0 fully saturated rings. The second kappa shape index (κ2) is 6.30. The first-order chi connectivity index (χ1) is 9.58. The van der Waals surface area contributed by atoms with Gasteiger partial charge in [0.1, 0.15) is 5.82 Å². The Hall–Kier alpha value is -2.20. The van der Waals surface area contributed by atoms with Crippen molar-refractivity contribution < 1.29 is 9.18 Å². The number of carbonyl (C=O) groups excluding carboxylic acids is 1. The van der Waals surface area contributed by atoms with Gasteiger partial charge in [0.25, 0.3) is 0 Å². The van der Waals surface area contributed by atoms with Gasteiger partial charge >= 0.3 is 0 Å². The first kappa shape index (κ1) is 14.2. The zero-order valence-electron chi connectivity index (χ0n) is 11.3. The van der Waals surface area contributed by atoms with Gasteiger partial charge in [0.15, 0.2) is 0 Å². The van der Waals surface area contributed by atoms with Crippen LogP contribution in [-0.4, -0.2) is 11.9 Å². The van der Waals surface area contributed by atoms with Crippen molar-refractivity contribution in [3.05, 3.63) is 59.9 Å². The predicted molar refractivity (Wildman–Crippen MR) is 77.3 cm³/mol. The Morgan fingerprint density at radius 3 is 2.45 bits per heavy atom. The smallest absolute Gasteiger partial charge is 0.234 e. The minimum absolute atomic E-state index is 0.235. The van der Waals surface area contributed by atoms with Gasteiger partial charge in [-0.2, -0.15) is 0 Å². The van der Waals surface area contributed by atoms with Gasteiger partial charge in [0, 0.05) is 12.1 Å². The Kier molecular flexibility index (Phi) is 4.48. The maximum Gasteiger partial charge on any atom is 0.234 e. The van der Waals surface area contributed by atoms with Crippen LogP contribution in [0.2, 0.25) is 0 Å². The monoisotopic (exact) mass is 272 g/mol. The summed E-state index contributed by atoms with van der Waals surface area (Å²) in [5.74, 6) is -0.617. The fourth-order valence-electron chi connectivity index (χ4n) is 1.87. The zero-order chi connectivity index (χ0) is 14.5. The molecule has 0 radical (unpaired) electrons. The van der Waals surface area contributed by atoms with Gasteiger partial charge in [-0.1, -0.05) is 42.5 Å². The van der Waals surface area contributed by atoms with Crippen molar-refractivity contribution >= 4 is 5.91 Å². The quantitative estimate of drug-likeness (QED) is 0.878. The molecule has 1 atom stereocenters. The number of rotatable bonds is 5. The number of hydrogen-bond acceptors (Lipinski definition) is 2. The van der Waals surface area contributed by atoms with Crippen LogP contribution in [0.1, 0.15) is 12.5 Å². The third-order valence-corrected chi connectivity index (χ3v) is 3.18. The van der Waals surface area contributed by atoms with Crippen LogP contribution in [0.4, 0.5) is 4.39 Å². The van der Waals surface area contributed by atoms with Crippen LogP contribution in [0.25, 0.3) is 11.1 Å². The van der Waals surface area contributed by atoms with Crippen molar-refractivity contribution in [2.75, 3.05) is 0 Å². The highest BCUT2D eigenvalue weighted by atomic mass is 19.1. The van der Waals surface area contributed by atoms with Crippen molar-refractivity contribution in [1.82, 2.24) is 5.32 Å². The van der Waals surface area contributed by atoms with E-state index in [0.717, 1.165) is 11.1 Å². The minimum atomic E-state index is -0.382. The maximum absolute atomic E-state index is 13.7. The first-order valence-corrected chi connectivity index (χ1v) is 6.44. The van der Waals surface area contributed by atoms with E-state index in [2.05, 4.69) is 5.32 Å². The van der Waals surface area contributed by atoms with Gasteiger partial charge in [-0.15, -0.1) is 0 Å². The van der Waals surface area contributed by atoms with Crippen LogP contribution >= 0.6 is 0 Å². The lowest BCUT2D eigenvalue weighted by Crippen LogP contribution is -2.38. The number of nitrogens with one attached hydrogen (secondary N) is 1. The number of nitrogens with two attached hydrogens (primary N) is 1. The largest absolute Gasteiger partial charge is 0.368 e. The van der Waals surface area contributed by atoms with Crippen molar-refractivity contribution in [2.24, 2.45) is 5.73 Å². The van der Waals surface area contributed by atoms with E-state index in [1.165, 1.54) is 6.07 Å². The molecule has 0 aliphatic carbocycles. The van der Waals surface area contributed by atoms with E-state index < -0.39 is 0 Å². The van der Waals surface area contributed by atoms with Crippen molar-refractivity contribution in [3.63, 3.8) is 0 Å². The SMILES string of the molecule is C[C@H](NCc1ccc(-c2ccccc2F)cc1)C(N)=O. The summed E-state index contributed by atoms with van der Waals surface area (Å²) >= 11 is 0. The Labute approximate surface area is 117 Å². The van der Waals surface area contributed by atoms with Crippen LogP contribution < -0.4 is 11.1 Å². The first-order valence-electron chi connectivity index (χ1n) is 6.44. The number of amides is 1. The highest BCUT2D eigenvalue weighted by Gasteiger charge is 2.07. The molecule has 2 aromatic carbocycles. The molecular formula is C16H17FN2O. The molecule has 0 bridgehead atoms. The molecule has 104 valence electrons. The van der Waals surface area contributed by atoms with E-state index in [4.69, 9.17) is 5.73 Å². The van der Waals surface area contributed by atoms with Crippen LogP contribution in [0.5, 0.6) is 0 Å². The summed E-state index contributed by atoms with van der Waals surface area (Å²) in [6, 6.07) is 13.8. The lowest BCUT2D eigenvalue weighted by molar-refractivity contribution is -0.119. The third kappa shape index (κ3) is 3.42. The van der Waals surface area contributed by atoms with E-state index >= 15 is 0 Å². The number of primary amides is 1. The third-order valence-electron chi connectivity index (χ3n) is 3.18. The topological polar surface area (TPSA) is 55.1 Å². The Bertz CT molecular complexity index is 596. The molecule has 4 heteroatoms. The summed E-state index contributed by atoms with van der Waals surface area (Å²) in [6.45, 7) is 2.26. The molecule has 2 aromatic rings. The Morgan fingerprint density at radius 2 is 1.85 bits per heavy atom. The molecule has 0 spiro atoms. The van der Waals surface area contributed by atoms with E-state index in [9.17, 15) is 9.18 Å². The average Bonchev–Trinajstić information content (AvgIpc) is 2.46. The maximum atomic E-state index is 13.7. The van der Waals surface area contributed by atoms with E-state index in [0.29, 0.717) is 12.1 Å². The zero-order valence-corrected chi connectivity index (χ0v) is 11.3. The molecular weight excluding hydrogens is 255 g/mol. The molecule has 0 saturated heterocycles. The van der Waals surface area contributed by atoms with Gasteiger partial charge in [-0.25, -0.2) is 4.39 Å². The molecule has 0 aromatic heterocycles. The molecule has 20 heavy (non-hydrogen) atoms. The molecule has 2 rings (SSSR count). The van der Waals surface area contributed by atoms with Crippen molar-refractivity contribution in [1.29, 1.82) is 0 Å². The van der Waals surface area contributed by atoms with E-state index in [1.807, 2.05) is 30.3 Å². The molecule has 0 heterocycles. The molecule has 0 aliphatic rings. The number of carbonyl (C=O) groups is 1. The number of hydrogen-bond donors (Lipinski definition) is 2. The normalized spacial score (nSPS) is 12.1. The molecule has 0 saturated carbocycles. The Balaban J connectivity index is 2.07. The second-order valence-electron chi connectivity index (χ2n) is 4.68. The summed E-state index contributed by atoms with van der Waals surface area (Å²) in [5, 5.41) is 3.02. The lowest BCUT2D eigenvalue weighted by atomic mass is 10.0.